The molecule has 4 heteroatoms. The zero-order valence-electron chi connectivity index (χ0n) is 9.33. The van der Waals surface area contributed by atoms with E-state index in [-0.39, 0.29) is 10.7 Å². The normalized spacial score (nSPS) is 10.1. The Morgan fingerprint density at radius 2 is 1.67 bits per heavy atom. The summed E-state index contributed by atoms with van der Waals surface area (Å²) in [7, 11) is 0. The zero-order valence-corrected chi connectivity index (χ0v) is 10.2. The van der Waals surface area contributed by atoms with Crippen LogP contribution >= 0.6 is 12.6 Å². The van der Waals surface area contributed by atoms with E-state index >= 15 is 0 Å². The first-order valence-corrected chi connectivity index (χ1v) is 5.70. The van der Waals surface area contributed by atoms with E-state index in [2.05, 4.69) is 12.6 Å². The number of benzene rings is 2. The fraction of sp³-hybridized carbons (Fsp3) is 0. The number of carbonyl (C=O) groups is 2. The lowest BCUT2D eigenvalue weighted by Crippen LogP contribution is -2.01. The Morgan fingerprint density at radius 1 is 1.00 bits per heavy atom. The molecule has 0 fully saturated rings. The molecule has 0 aliphatic rings. The van der Waals surface area contributed by atoms with Gasteiger partial charge in [-0.25, -0.2) is 4.79 Å². The van der Waals surface area contributed by atoms with Gasteiger partial charge in [0.15, 0.2) is 0 Å². The molecule has 2 rings (SSSR count). The first-order valence-electron chi connectivity index (χ1n) is 5.25. The minimum absolute atomic E-state index is 0.166. The van der Waals surface area contributed by atoms with E-state index < -0.39 is 5.97 Å². The summed E-state index contributed by atoms with van der Waals surface area (Å²) in [5, 5.41) is 8.77. The predicted molar refractivity (Wildman–Crippen MR) is 72.2 cm³/mol. The van der Waals surface area contributed by atoms with Crippen molar-refractivity contribution in [3.63, 3.8) is 0 Å². The Kier molecular flexibility index (Phi) is 3.48. The zero-order chi connectivity index (χ0) is 13.1. The highest BCUT2D eigenvalue weighted by Gasteiger charge is 2.13. The summed E-state index contributed by atoms with van der Waals surface area (Å²) in [5.74, 6) is -1.02. The van der Waals surface area contributed by atoms with Crippen LogP contribution in [0.5, 0.6) is 0 Å². The Balaban J connectivity index is 2.65. The standard InChI is InChI=1S/C14H10O3S/c15-13(16)11-7-6-10(14(17)18)8-12(11)9-4-2-1-3-5-9/h1-8H,(H,15,16)(H,17,18). The van der Waals surface area contributed by atoms with Gasteiger partial charge in [-0.3, -0.25) is 4.79 Å². The van der Waals surface area contributed by atoms with Gasteiger partial charge in [-0.1, -0.05) is 30.3 Å². The molecule has 0 saturated heterocycles. The maximum Gasteiger partial charge on any atom is 0.336 e. The molecule has 3 nitrogen and oxygen atoms in total. The van der Waals surface area contributed by atoms with Crippen LogP contribution in [-0.2, 0) is 0 Å². The van der Waals surface area contributed by atoms with Crippen LogP contribution in [0.15, 0.2) is 48.5 Å². The molecular weight excluding hydrogens is 248 g/mol. The number of aromatic carboxylic acids is 1. The molecule has 0 heterocycles. The summed E-state index contributed by atoms with van der Waals surface area (Å²) in [6.45, 7) is 0. The fourth-order valence-corrected chi connectivity index (χ4v) is 1.86. The molecule has 0 radical (unpaired) electrons. The summed E-state index contributed by atoms with van der Waals surface area (Å²) in [4.78, 5) is 22.4. The molecule has 0 amide bonds. The van der Waals surface area contributed by atoms with Gasteiger partial charge in [-0.05, 0) is 29.3 Å². The quantitative estimate of drug-likeness (QED) is 0.832. The van der Waals surface area contributed by atoms with Crippen molar-refractivity contribution in [2.24, 2.45) is 0 Å². The number of carboxylic acid groups (broad SMARTS) is 1. The van der Waals surface area contributed by atoms with Crippen LogP contribution in [0.2, 0.25) is 0 Å². The molecule has 0 aromatic heterocycles. The highest BCUT2D eigenvalue weighted by molar-refractivity contribution is 7.97. The molecule has 0 bridgehead atoms. The second-order valence-corrected chi connectivity index (χ2v) is 4.14. The Labute approximate surface area is 109 Å². The number of hydrogen-bond acceptors (Lipinski definition) is 2. The molecule has 18 heavy (non-hydrogen) atoms. The van der Waals surface area contributed by atoms with Crippen molar-refractivity contribution < 1.29 is 14.7 Å². The van der Waals surface area contributed by atoms with E-state index in [4.69, 9.17) is 5.11 Å². The third-order valence-corrected chi connectivity index (χ3v) is 2.84. The van der Waals surface area contributed by atoms with Crippen molar-refractivity contribution in [2.45, 2.75) is 0 Å². The van der Waals surface area contributed by atoms with Crippen LogP contribution in [0.3, 0.4) is 0 Å². The molecule has 0 aliphatic carbocycles. The molecule has 0 atom stereocenters. The molecule has 2 aromatic rings. The lowest BCUT2D eigenvalue weighted by molar-refractivity contribution is 0.0697. The molecule has 0 spiro atoms. The van der Waals surface area contributed by atoms with Crippen molar-refractivity contribution in [1.82, 2.24) is 0 Å². The van der Waals surface area contributed by atoms with E-state index in [1.807, 2.05) is 18.2 Å². The van der Waals surface area contributed by atoms with E-state index in [1.54, 1.807) is 18.2 Å². The maximum absolute atomic E-state index is 11.2. The third kappa shape index (κ3) is 2.43. The largest absolute Gasteiger partial charge is 0.478 e. The SMILES string of the molecule is O=C(S)c1ccc(C(=O)O)c(-c2ccccc2)c1. The number of carboxylic acids is 1. The summed E-state index contributed by atoms with van der Waals surface area (Å²) >= 11 is 3.75. The van der Waals surface area contributed by atoms with E-state index in [0.29, 0.717) is 11.1 Å². The lowest BCUT2D eigenvalue weighted by atomic mass is 9.97. The second-order valence-electron chi connectivity index (χ2n) is 3.74. The number of rotatable bonds is 3. The van der Waals surface area contributed by atoms with Gasteiger partial charge >= 0.3 is 5.97 Å². The molecule has 0 aliphatic heterocycles. The van der Waals surface area contributed by atoms with Gasteiger partial charge in [0.25, 0.3) is 0 Å². The van der Waals surface area contributed by atoms with E-state index in [0.717, 1.165) is 5.56 Å². The number of hydrogen-bond donors (Lipinski definition) is 2. The summed E-state index contributed by atoms with van der Waals surface area (Å²) in [6, 6.07) is 13.5. The molecule has 90 valence electrons. The van der Waals surface area contributed by atoms with Gasteiger partial charge in [-0.15, -0.1) is 12.6 Å². The van der Waals surface area contributed by atoms with E-state index in [1.165, 1.54) is 12.1 Å². The first-order chi connectivity index (χ1) is 8.59. The van der Waals surface area contributed by atoms with Crippen molar-refractivity contribution >= 4 is 23.7 Å². The Bertz CT molecular complexity index is 606. The third-order valence-electron chi connectivity index (χ3n) is 2.58. The van der Waals surface area contributed by atoms with Gasteiger partial charge in [0, 0.05) is 5.56 Å². The molecule has 1 N–H and O–H groups in total. The van der Waals surface area contributed by atoms with Gasteiger partial charge in [0.2, 0.25) is 5.12 Å². The van der Waals surface area contributed by atoms with Gasteiger partial charge in [0.05, 0.1) is 5.56 Å². The number of carbonyl (C=O) groups excluding carboxylic acids is 1. The number of thiol groups is 1. The van der Waals surface area contributed by atoms with Crippen molar-refractivity contribution in [3.05, 3.63) is 59.7 Å². The smallest absolute Gasteiger partial charge is 0.336 e. The summed E-state index contributed by atoms with van der Waals surface area (Å²) in [6.07, 6.45) is 0. The monoisotopic (exact) mass is 258 g/mol. The predicted octanol–water partition coefficient (Wildman–Crippen LogP) is 3.12. The van der Waals surface area contributed by atoms with Crippen LogP contribution in [0.4, 0.5) is 0 Å². The van der Waals surface area contributed by atoms with Crippen LogP contribution < -0.4 is 0 Å². The van der Waals surface area contributed by atoms with Crippen LogP contribution in [-0.4, -0.2) is 16.2 Å². The average Bonchev–Trinajstić information content (AvgIpc) is 2.39. The van der Waals surface area contributed by atoms with Gasteiger partial charge in [-0.2, -0.15) is 0 Å². The summed E-state index contributed by atoms with van der Waals surface area (Å²) in [5.41, 5.74) is 1.82. The molecule has 2 aromatic carbocycles. The molecule has 0 unspecified atom stereocenters. The average molecular weight is 258 g/mol. The molecular formula is C14H10O3S. The van der Waals surface area contributed by atoms with Gasteiger partial charge < -0.3 is 5.11 Å². The first kappa shape index (κ1) is 12.4. The van der Waals surface area contributed by atoms with Crippen LogP contribution in [0, 0.1) is 0 Å². The molecule has 0 saturated carbocycles. The van der Waals surface area contributed by atoms with Crippen LogP contribution in [0.25, 0.3) is 11.1 Å². The van der Waals surface area contributed by atoms with Crippen molar-refractivity contribution in [3.8, 4) is 11.1 Å². The summed E-state index contributed by atoms with van der Waals surface area (Å²) < 4.78 is 0. The second kappa shape index (κ2) is 5.06. The lowest BCUT2D eigenvalue weighted by Gasteiger charge is -2.07. The maximum atomic E-state index is 11.2. The highest BCUT2D eigenvalue weighted by atomic mass is 32.1. The van der Waals surface area contributed by atoms with E-state index in [9.17, 15) is 9.59 Å². The fourth-order valence-electron chi connectivity index (χ4n) is 1.72. The highest BCUT2D eigenvalue weighted by Crippen LogP contribution is 2.25. The van der Waals surface area contributed by atoms with Crippen molar-refractivity contribution in [2.75, 3.05) is 0 Å². The minimum Gasteiger partial charge on any atom is -0.478 e. The Morgan fingerprint density at radius 3 is 2.22 bits per heavy atom. The topological polar surface area (TPSA) is 54.4 Å². The van der Waals surface area contributed by atoms with Crippen molar-refractivity contribution in [1.29, 1.82) is 0 Å². The Hall–Kier alpha value is -2.07. The van der Waals surface area contributed by atoms with Crippen LogP contribution in [0.1, 0.15) is 20.7 Å². The van der Waals surface area contributed by atoms with Gasteiger partial charge in [0.1, 0.15) is 0 Å². The minimum atomic E-state index is -1.02.